The van der Waals surface area contributed by atoms with Crippen LogP contribution in [0.25, 0.3) is 11.0 Å². The van der Waals surface area contributed by atoms with E-state index in [0.29, 0.717) is 17.6 Å². The number of sulfone groups is 1. The molecule has 1 aromatic carbocycles. The third-order valence-electron chi connectivity index (χ3n) is 3.73. The van der Waals surface area contributed by atoms with Crippen molar-refractivity contribution in [3.05, 3.63) is 40.2 Å². The fourth-order valence-electron chi connectivity index (χ4n) is 2.54. The smallest absolute Gasteiger partial charge is 0.287 e. The van der Waals surface area contributed by atoms with E-state index in [4.69, 9.17) is 9.15 Å². The molecule has 1 amide bonds. The second kappa shape index (κ2) is 5.69. The van der Waals surface area contributed by atoms with Gasteiger partial charge in [-0.3, -0.25) is 9.59 Å². The highest BCUT2D eigenvalue weighted by molar-refractivity contribution is 7.91. The Balaban J connectivity index is 1.90. The van der Waals surface area contributed by atoms with Crippen molar-refractivity contribution in [3.8, 4) is 5.75 Å². The molecule has 0 spiro atoms. The summed E-state index contributed by atoms with van der Waals surface area (Å²) < 4.78 is 33.4. The standard InChI is InChI=1S/C15H15NO6S/c1-21-10-2-3-11-12(17)7-14(22-13(11)6-10)15(18)16-9-4-5-23(19,20)8-9/h2-3,6-7,9H,4-5,8H2,1H3,(H,16,18). The molecular weight excluding hydrogens is 322 g/mol. The molecule has 2 aromatic rings. The molecule has 0 bridgehead atoms. The van der Waals surface area contributed by atoms with E-state index in [1.54, 1.807) is 12.1 Å². The van der Waals surface area contributed by atoms with Gasteiger partial charge < -0.3 is 14.5 Å². The van der Waals surface area contributed by atoms with E-state index >= 15 is 0 Å². The molecule has 2 heterocycles. The molecular formula is C15H15NO6S. The van der Waals surface area contributed by atoms with Crippen molar-refractivity contribution in [2.24, 2.45) is 0 Å². The zero-order valence-electron chi connectivity index (χ0n) is 12.4. The predicted octanol–water partition coefficient (Wildman–Crippen LogP) is 0.718. The number of benzene rings is 1. The molecule has 1 fully saturated rings. The molecule has 23 heavy (non-hydrogen) atoms. The molecule has 0 aliphatic carbocycles. The van der Waals surface area contributed by atoms with Crippen molar-refractivity contribution in [2.75, 3.05) is 18.6 Å². The fraction of sp³-hybridized carbons (Fsp3) is 0.333. The quantitative estimate of drug-likeness (QED) is 0.885. The average Bonchev–Trinajstić information content (AvgIpc) is 2.85. The second-order valence-electron chi connectivity index (χ2n) is 5.41. The number of ether oxygens (including phenoxy) is 1. The minimum Gasteiger partial charge on any atom is -0.497 e. The van der Waals surface area contributed by atoms with Crippen molar-refractivity contribution in [1.29, 1.82) is 0 Å². The largest absolute Gasteiger partial charge is 0.497 e. The van der Waals surface area contributed by atoms with Crippen molar-refractivity contribution in [1.82, 2.24) is 5.32 Å². The summed E-state index contributed by atoms with van der Waals surface area (Å²) in [6.45, 7) is 0. The number of methoxy groups -OCH3 is 1. The lowest BCUT2D eigenvalue weighted by Gasteiger charge is -2.10. The summed E-state index contributed by atoms with van der Waals surface area (Å²) in [5.41, 5.74) is -0.112. The molecule has 1 N–H and O–H groups in total. The van der Waals surface area contributed by atoms with Crippen LogP contribution in [-0.2, 0) is 9.84 Å². The summed E-state index contributed by atoms with van der Waals surface area (Å²) >= 11 is 0. The fourth-order valence-corrected chi connectivity index (χ4v) is 4.21. The Morgan fingerprint density at radius 2 is 2.13 bits per heavy atom. The van der Waals surface area contributed by atoms with Gasteiger partial charge in [0, 0.05) is 18.2 Å². The number of carbonyl (C=O) groups excluding carboxylic acids is 1. The van der Waals surface area contributed by atoms with Gasteiger partial charge in [-0.1, -0.05) is 0 Å². The van der Waals surface area contributed by atoms with Gasteiger partial charge in [-0.2, -0.15) is 0 Å². The second-order valence-corrected chi connectivity index (χ2v) is 7.64. The van der Waals surface area contributed by atoms with Gasteiger partial charge in [0.25, 0.3) is 5.91 Å². The van der Waals surface area contributed by atoms with Crippen LogP contribution in [0.15, 0.2) is 33.5 Å². The summed E-state index contributed by atoms with van der Waals surface area (Å²) in [6, 6.07) is 5.35. The monoisotopic (exact) mass is 337 g/mol. The summed E-state index contributed by atoms with van der Waals surface area (Å²) in [7, 11) is -1.62. The zero-order valence-corrected chi connectivity index (χ0v) is 13.2. The van der Waals surface area contributed by atoms with Crippen LogP contribution in [-0.4, -0.2) is 39.0 Å². The Morgan fingerprint density at radius 3 is 2.78 bits per heavy atom. The van der Waals surface area contributed by atoms with Gasteiger partial charge in [-0.05, 0) is 18.6 Å². The zero-order chi connectivity index (χ0) is 16.6. The minimum atomic E-state index is -3.10. The third kappa shape index (κ3) is 3.21. The highest BCUT2D eigenvalue weighted by Gasteiger charge is 2.29. The van der Waals surface area contributed by atoms with Gasteiger partial charge in [-0.15, -0.1) is 0 Å². The molecule has 122 valence electrons. The first-order valence-corrected chi connectivity index (χ1v) is 8.83. The number of hydrogen-bond acceptors (Lipinski definition) is 6. The van der Waals surface area contributed by atoms with E-state index < -0.39 is 21.8 Å². The molecule has 1 unspecified atom stereocenters. The maximum atomic E-state index is 12.2. The van der Waals surface area contributed by atoms with Crippen LogP contribution in [0.5, 0.6) is 5.75 Å². The molecule has 1 saturated heterocycles. The normalized spacial score (nSPS) is 19.6. The average molecular weight is 337 g/mol. The van der Waals surface area contributed by atoms with Gasteiger partial charge in [0.2, 0.25) is 0 Å². The van der Waals surface area contributed by atoms with E-state index in [1.165, 1.54) is 13.2 Å². The lowest BCUT2D eigenvalue weighted by molar-refractivity contribution is 0.0913. The summed E-state index contributed by atoms with van der Waals surface area (Å²) in [5, 5.41) is 2.93. The van der Waals surface area contributed by atoms with Crippen LogP contribution < -0.4 is 15.5 Å². The minimum absolute atomic E-state index is 0.0524. The van der Waals surface area contributed by atoms with Crippen molar-refractivity contribution >= 4 is 26.7 Å². The SMILES string of the molecule is COc1ccc2c(=O)cc(C(=O)NC3CCS(=O)(=O)C3)oc2c1. The van der Waals surface area contributed by atoms with E-state index in [2.05, 4.69) is 5.32 Å². The Labute approximate surface area is 132 Å². The number of carbonyl (C=O) groups is 1. The van der Waals surface area contributed by atoms with Crippen LogP contribution in [0.1, 0.15) is 17.0 Å². The first-order chi connectivity index (χ1) is 10.9. The van der Waals surface area contributed by atoms with Gasteiger partial charge in [0.15, 0.2) is 21.0 Å². The van der Waals surface area contributed by atoms with Crippen LogP contribution in [0.3, 0.4) is 0 Å². The van der Waals surface area contributed by atoms with Crippen molar-refractivity contribution in [2.45, 2.75) is 12.5 Å². The Bertz CT molecular complexity index is 931. The lowest BCUT2D eigenvalue weighted by Crippen LogP contribution is -2.35. The maximum absolute atomic E-state index is 12.2. The number of nitrogens with one attached hydrogen (secondary N) is 1. The molecule has 1 aliphatic rings. The van der Waals surface area contributed by atoms with Crippen LogP contribution in [0.2, 0.25) is 0 Å². The van der Waals surface area contributed by atoms with Gasteiger partial charge in [0.05, 0.1) is 24.0 Å². The molecule has 1 aliphatic heterocycles. The van der Waals surface area contributed by atoms with Crippen LogP contribution >= 0.6 is 0 Å². The first kappa shape index (κ1) is 15.5. The van der Waals surface area contributed by atoms with Crippen molar-refractivity contribution in [3.63, 3.8) is 0 Å². The first-order valence-electron chi connectivity index (χ1n) is 7.01. The lowest BCUT2D eigenvalue weighted by atomic mass is 10.2. The Morgan fingerprint density at radius 1 is 1.35 bits per heavy atom. The summed E-state index contributed by atoms with van der Waals surface area (Å²) in [6.07, 6.45) is 0.361. The third-order valence-corrected chi connectivity index (χ3v) is 5.50. The number of hydrogen-bond donors (Lipinski definition) is 1. The molecule has 0 saturated carbocycles. The number of fused-ring (bicyclic) bond motifs is 1. The van der Waals surface area contributed by atoms with Gasteiger partial charge in [0.1, 0.15) is 11.3 Å². The number of rotatable bonds is 3. The number of amides is 1. The molecule has 1 aromatic heterocycles. The Kier molecular flexibility index (Phi) is 3.85. The van der Waals surface area contributed by atoms with Gasteiger partial charge >= 0.3 is 0 Å². The molecule has 0 radical (unpaired) electrons. The van der Waals surface area contributed by atoms with Crippen LogP contribution in [0, 0.1) is 0 Å². The summed E-state index contributed by atoms with van der Waals surface area (Å²) in [5.74, 6) is -0.296. The predicted molar refractivity (Wildman–Crippen MR) is 83.6 cm³/mol. The van der Waals surface area contributed by atoms with E-state index in [-0.39, 0.29) is 28.3 Å². The van der Waals surface area contributed by atoms with E-state index in [0.717, 1.165) is 6.07 Å². The molecule has 8 heteroatoms. The van der Waals surface area contributed by atoms with E-state index in [9.17, 15) is 18.0 Å². The maximum Gasteiger partial charge on any atom is 0.287 e. The van der Waals surface area contributed by atoms with Crippen LogP contribution in [0.4, 0.5) is 0 Å². The Hall–Kier alpha value is -2.35. The topological polar surface area (TPSA) is 103 Å². The van der Waals surface area contributed by atoms with Gasteiger partial charge in [-0.25, -0.2) is 8.42 Å². The molecule has 1 atom stereocenters. The summed E-state index contributed by atoms with van der Waals surface area (Å²) in [4.78, 5) is 24.3. The molecule has 3 rings (SSSR count). The van der Waals surface area contributed by atoms with Crippen molar-refractivity contribution < 1.29 is 22.4 Å². The highest BCUT2D eigenvalue weighted by atomic mass is 32.2. The highest BCUT2D eigenvalue weighted by Crippen LogP contribution is 2.19. The van der Waals surface area contributed by atoms with E-state index in [1.807, 2.05) is 0 Å². The molecule has 7 nitrogen and oxygen atoms in total.